The van der Waals surface area contributed by atoms with E-state index in [-0.39, 0.29) is 0 Å². The molecule has 2 rings (SSSR count). The normalized spacial score (nSPS) is 12.2. The fraction of sp³-hybridized carbons (Fsp3) is 0.231. The molecular formula is C13H13BrN2O2. The third-order valence-corrected chi connectivity index (χ3v) is 3.30. The summed E-state index contributed by atoms with van der Waals surface area (Å²) in [5.74, 6) is 0.499. The Morgan fingerprint density at radius 1 is 1.33 bits per heavy atom. The van der Waals surface area contributed by atoms with Gasteiger partial charge in [0.2, 0.25) is 5.88 Å². The first-order valence-corrected chi connectivity index (χ1v) is 6.27. The molecule has 0 saturated heterocycles. The fourth-order valence-corrected chi connectivity index (χ4v) is 2.20. The van der Waals surface area contributed by atoms with E-state index in [1.807, 2.05) is 24.3 Å². The Balaban J connectivity index is 2.16. The molecule has 1 heterocycles. The maximum Gasteiger partial charge on any atom is 0.216 e. The molecule has 1 unspecified atom stereocenters. The zero-order chi connectivity index (χ0) is 13.0. The van der Waals surface area contributed by atoms with Crippen molar-refractivity contribution in [3.8, 4) is 5.88 Å². The van der Waals surface area contributed by atoms with Crippen molar-refractivity contribution in [1.29, 1.82) is 0 Å². The molecule has 0 aliphatic heterocycles. The molecule has 18 heavy (non-hydrogen) atoms. The maximum atomic E-state index is 10.2. The number of hydrogen-bond acceptors (Lipinski definition) is 4. The number of benzene rings is 1. The molecule has 4 nitrogen and oxygen atoms in total. The van der Waals surface area contributed by atoms with Crippen LogP contribution in [0.1, 0.15) is 17.4 Å². The van der Waals surface area contributed by atoms with Crippen LogP contribution in [0.2, 0.25) is 0 Å². The lowest BCUT2D eigenvalue weighted by atomic mass is 10.1. The monoisotopic (exact) mass is 308 g/mol. The highest BCUT2D eigenvalue weighted by molar-refractivity contribution is 9.10. The van der Waals surface area contributed by atoms with Crippen molar-refractivity contribution in [2.75, 3.05) is 7.11 Å². The van der Waals surface area contributed by atoms with Crippen LogP contribution in [-0.4, -0.2) is 22.2 Å². The van der Waals surface area contributed by atoms with Gasteiger partial charge >= 0.3 is 0 Å². The molecule has 0 radical (unpaired) electrons. The molecule has 1 N–H and O–H groups in total. The van der Waals surface area contributed by atoms with Crippen LogP contribution >= 0.6 is 15.9 Å². The average Bonchev–Trinajstić information content (AvgIpc) is 2.39. The van der Waals surface area contributed by atoms with E-state index in [1.54, 1.807) is 13.2 Å². The van der Waals surface area contributed by atoms with Gasteiger partial charge in [0.15, 0.2) is 0 Å². The van der Waals surface area contributed by atoms with E-state index >= 15 is 0 Å². The number of aromatic nitrogens is 2. The van der Waals surface area contributed by atoms with Gasteiger partial charge in [0.05, 0.1) is 18.9 Å². The lowest BCUT2D eigenvalue weighted by molar-refractivity contribution is 0.176. The van der Waals surface area contributed by atoms with Crippen molar-refractivity contribution in [2.45, 2.75) is 12.5 Å². The molecule has 1 atom stereocenters. The smallest absolute Gasteiger partial charge is 0.216 e. The summed E-state index contributed by atoms with van der Waals surface area (Å²) in [4.78, 5) is 8.05. The standard InChI is InChI=1S/C13H13BrN2O2/c1-18-13-7-9(15-8-16-13)6-12(17)10-4-2-3-5-11(10)14/h2-5,7-8,12,17H,6H2,1H3. The van der Waals surface area contributed by atoms with Crippen LogP contribution < -0.4 is 4.74 Å². The summed E-state index contributed by atoms with van der Waals surface area (Å²) in [7, 11) is 1.55. The molecule has 94 valence electrons. The first-order valence-electron chi connectivity index (χ1n) is 5.48. The zero-order valence-corrected chi connectivity index (χ0v) is 11.5. The van der Waals surface area contributed by atoms with Crippen LogP contribution in [0.4, 0.5) is 0 Å². The largest absolute Gasteiger partial charge is 0.481 e. The minimum Gasteiger partial charge on any atom is -0.481 e. The van der Waals surface area contributed by atoms with Crippen molar-refractivity contribution in [3.05, 3.63) is 52.4 Å². The third-order valence-electron chi connectivity index (χ3n) is 2.57. The van der Waals surface area contributed by atoms with Crippen LogP contribution in [-0.2, 0) is 6.42 Å². The number of halogens is 1. The number of hydrogen-bond donors (Lipinski definition) is 1. The lowest BCUT2D eigenvalue weighted by Gasteiger charge is -2.12. The van der Waals surface area contributed by atoms with Gasteiger partial charge in [-0.2, -0.15) is 0 Å². The molecular weight excluding hydrogens is 296 g/mol. The first kappa shape index (κ1) is 13.0. The molecule has 0 aliphatic carbocycles. The van der Waals surface area contributed by atoms with Gasteiger partial charge < -0.3 is 9.84 Å². The number of rotatable bonds is 4. The van der Waals surface area contributed by atoms with Crippen LogP contribution in [0.25, 0.3) is 0 Å². The van der Waals surface area contributed by atoms with Crippen molar-refractivity contribution in [3.63, 3.8) is 0 Å². The summed E-state index contributed by atoms with van der Waals surface area (Å²) >= 11 is 3.42. The van der Waals surface area contributed by atoms with Crippen molar-refractivity contribution in [2.24, 2.45) is 0 Å². The first-order chi connectivity index (χ1) is 8.70. The van der Waals surface area contributed by atoms with Crippen molar-refractivity contribution < 1.29 is 9.84 Å². The Morgan fingerprint density at radius 2 is 2.11 bits per heavy atom. The Kier molecular flexibility index (Phi) is 4.28. The highest BCUT2D eigenvalue weighted by Crippen LogP contribution is 2.25. The minimum atomic E-state index is -0.611. The predicted molar refractivity (Wildman–Crippen MR) is 71.4 cm³/mol. The van der Waals surface area contributed by atoms with Crippen LogP contribution in [0.15, 0.2) is 41.1 Å². The molecule has 0 fully saturated rings. The van der Waals surface area contributed by atoms with Crippen LogP contribution in [0.5, 0.6) is 5.88 Å². The summed E-state index contributed by atoms with van der Waals surface area (Å²) in [6.45, 7) is 0. The van der Waals surface area contributed by atoms with Gasteiger partial charge in [-0.25, -0.2) is 9.97 Å². The average molecular weight is 309 g/mol. The second-order valence-corrected chi connectivity index (χ2v) is 4.65. The molecule has 0 bridgehead atoms. The van der Waals surface area contributed by atoms with E-state index in [9.17, 15) is 5.11 Å². The molecule has 0 saturated carbocycles. The fourth-order valence-electron chi connectivity index (χ4n) is 1.65. The van der Waals surface area contributed by atoms with E-state index in [0.717, 1.165) is 15.7 Å². The van der Waals surface area contributed by atoms with E-state index < -0.39 is 6.10 Å². The number of aliphatic hydroxyl groups excluding tert-OH is 1. The highest BCUT2D eigenvalue weighted by Gasteiger charge is 2.12. The van der Waals surface area contributed by atoms with Gasteiger partial charge in [-0.3, -0.25) is 0 Å². The molecule has 0 spiro atoms. The third kappa shape index (κ3) is 3.05. The van der Waals surface area contributed by atoms with Gasteiger partial charge in [-0.05, 0) is 11.6 Å². The summed E-state index contributed by atoms with van der Waals surface area (Å²) in [5.41, 5.74) is 1.58. The Bertz CT molecular complexity index is 534. The number of methoxy groups -OCH3 is 1. The summed E-state index contributed by atoms with van der Waals surface area (Å²) < 4.78 is 5.91. The van der Waals surface area contributed by atoms with Crippen molar-refractivity contribution in [1.82, 2.24) is 9.97 Å². The van der Waals surface area contributed by atoms with E-state index in [2.05, 4.69) is 25.9 Å². The van der Waals surface area contributed by atoms with Crippen molar-refractivity contribution >= 4 is 15.9 Å². The second kappa shape index (κ2) is 5.93. The Morgan fingerprint density at radius 3 is 2.83 bits per heavy atom. The van der Waals surface area contributed by atoms with E-state index in [0.29, 0.717) is 12.3 Å². The molecule has 0 amide bonds. The topological polar surface area (TPSA) is 55.2 Å². The molecule has 5 heteroatoms. The molecule has 0 aliphatic rings. The van der Waals surface area contributed by atoms with Crippen LogP contribution in [0.3, 0.4) is 0 Å². The second-order valence-electron chi connectivity index (χ2n) is 3.79. The van der Waals surface area contributed by atoms with E-state index in [1.165, 1.54) is 6.33 Å². The summed E-state index contributed by atoms with van der Waals surface area (Å²) in [5, 5.41) is 10.2. The van der Waals surface area contributed by atoms with Gasteiger partial charge in [-0.1, -0.05) is 34.1 Å². The SMILES string of the molecule is COc1cc(CC(O)c2ccccc2Br)ncn1. The van der Waals surface area contributed by atoms with Gasteiger partial charge in [0, 0.05) is 17.0 Å². The Labute approximate surface area is 114 Å². The van der Waals surface area contributed by atoms with E-state index in [4.69, 9.17) is 4.74 Å². The quantitative estimate of drug-likeness (QED) is 0.943. The predicted octanol–water partition coefficient (Wildman–Crippen LogP) is 2.52. The molecule has 1 aromatic carbocycles. The number of ether oxygens (including phenoxy) is 1. The maximum absolute atomic E-state index is 10.2. The summed E-state index contributed by atoms with van der Waals surface area (Å²) in [6.07, 6.45) is 1.24. The molecule has 1 aromatic heterocycles. The number of aliphatic hydroxyl groups is 1. The molecule has 2 aromatic rings. The van der Waals surface area contributed by atoms with Gasteiger partial charge in [-0.15, -0.1) is 0 Å². The minimum absolute atomic E-state index is 0.418. The van der Waals surface area contributed by atoms with Gasteiger partial charge in [0.1, 0.15) is 6.33 Å². The summed E-state index contributed by atoms with van der Waals surface area (Å²) in [6, 6.07) is 9.31. The van der Waals surface area contributed by atoms with Crippen LogP contribution in [0, 0.1) is 0 Å². The lowest BCUT2D eigenvalue weighted by Crippen LogP contribution is -2.05. The van der Waals surface area contributed by atoms with Gasteiger partial charge in [0.25, 0.3) is 0 Å². The Hall–Kier alpha value is -1.46. The zero-order valence-electron chi connectivity index (χ0n) is 9.88. The number of nitrogens with zero attached hydrogens (tertiary/aromatic N) is 2. The highest BCUT2D eigenvalue weighted by atomic mass is 79.9.